The Kier molecular flexibility index (Phi) is 5.67. The lowest BCUT2D eigenvalue weighted by atomic mass is 9.97. The van der Waals surface area contributed by atoms with Crippen LogP contribution in [0, 0.1) is 12.8 Å². The number of aryl methyl sites for hydroxylation is 1. The molecule has 0 radical (unpaired) electrons. The van der Waals surface area contributed by atoms with Crippen LogP contribution in [0.2, 0.25) is 0 Å². The number of nitrogens with two attached hydrogens (primary N) is 1. The van der Waals surface area contributed by atoms with E-state index in [0.717, 1.165) is 37.8 Å². The van der Waals surface area contributed by atoms with E-state index in [1.54, 1.807) is 0 Å². The SMILES string of the molecule is Cc1ccccc1OCCCN1CCC(CN)CC1. The molecule has 1 aliphatic rings. The van der Waals surface area contributed by atoms with Gasteiger partial charge < -0.3 is 15.4 Å². The molecular formula is C16H26N2O. The first kappa shape index (κ1) is 14.4. The standard InChI is InChI=1S/C16H26N2O/c1-14-5-2-3-6-16(14)19-12-4-9-18-10-7-15(13-17)8-11-18/h2-3,5-6,15H,4,7-13,17H2,1H3. The summed E-state index contributed by atoms with van der Waals surface area (Å²) in [7, 11) is 0. The van der Waals surface area contributed by atoms with Crippen LogP contribution < -0.4 is 10.5 Å². The van der Waals surface area contributed by atoms with E-state index in [4.69, 9.17) is 10.5 Å². The van der Waals surface area contributed by atoms with Crippen molar-refractivity contribution in [2.75, 3.05) is 32.8 Å². The summed E-state index contributed by atoms with van der Waals surface area (Å²) < 4.78 is 5.82. The van der Waals surface area contributed by atoms with Gasteiger partial charge in [-0.2, -0.15) is 0 Å². The molecule has 106 valence electrons. The Balaban J connectivity index is 1.61. The van der Waals surface area contributed by atoms with Crippen molar-refractivity contribution in [1.82, 2.24) is 4.90 Å². The number of benzene rings is 1. The van der Waals surface area contributed by atoms with Crippen molar-refractivity contribution in [2.24, 2.45) is 11.7 Å². The van der Waals surface area contributed by atoms with Gasteiger partial charge >= 0.3 is 0 Å². The first-order chi connectivity index (χ1) is 9.29. The lowest BCUT2D eigenvalue weighted by Crippen LogP contribution is -2.37. The summed E-state index contributed by atoms with van der Waals surface area (Å²) in [5, 5.41) is 0. The molecule has 1 aliphatic heterocycles. The molecule has 2 rings (SSSR count). The molecule has 0 aromatic heterocycles. The van der Waals surface area contributed by atoms with E-state index in [9.17, 15) is 0 Å². The van der Waals surface area contributed by atoms with Crippen LogP contribution in [0.4, 0.5) is 0 Å². The van der Waals surface area contributed by atoms with Crippen LogP contribution in [0.1, 0.15) is 24.8 Å². The topological polar surface area (TPSA) is 38.5 Å². The minimum Gasteiger partial charge on any atom is -0.493 e. The second-order valence-electron chi connectivity index (χ2n) is 5.49. The summed E-state index contributed by atoms with van der Waals surface area (Å²) in [6.45, 7) is 7.29. The van der Waals surface area contributed by atoms with Crippen molar-refractivity contribution >= 4 is 0 Å². The number of rotatable bonds is 6. The fourth-order valence-electron chi connectivity index (χ4n) is 2.63. The number of ether oxygens (including phenoxy) is 1. The smallest absolute Gasteiger partial charge is 0.122 e. The van der Waals surface area contributed by atoms with E-state index in [2.05, 4.69) is 17.9 Å². The van der Waals surface area contributed by atoms with Gasteiger partial charge in [0.15, 0.2) is 0 Å². The summed E-state index contributed by atoms with van der Waals surface area (Å²) in [4.78, 5) is 2.54. The lowest BCUT2D eigenvalue weighted by molar-refractivity contribution is 0.173. The molecule has 1 aromatic carbocycles. The van der Waals surface area contributed by atoms with Gasteiger partial charge in [-0.1, -0.05) is 18.2 Å². The van der Waals surface area contributed by atoms with Crippen molar-refractivity contribution in [1.29, 1.82) is 0 Å². The summed E-state index contributed by atoms with van der Waals surface area (Å²) in [5.41, 5.74) is 6.92. The maximum absolute atomic E-state index is 5.82. The predicted octanol–water partition coefficient (Wildman–Crippen LogP) is 2.43. The number of hydrogen-bond donors (Lipinski definition) is 1. The van der Waals surface area contributed by atoms with E-state index in [1.807, 2.05) is 18.2 Å². The van der Waals surface area contributed by atoms with Gasteiger partial charge in [-0.15, -0.1) is 0 Å². The molecule has 3 nitrogen and oxygen atoms in total. The molecule has 0 unspecified atom stereocenters. The molecule has 1 fully saturated rings. The van der Waals surface area contributed by atoms with E-state index >= 15 is 0 Å². The van der Waals surface area contributed by atoms with Crippen molar-refractivity contribution in [3.63, 3.8) is 0 Å². The Morgan fingerprint density at radius 1 is 1.26 bits per heavy atom. The Bertz CT molecular complexity index is 373. The molecule has 2 N–H and O–H groups in total. The van der Waals surface area contributed by atoms with Crippen molar-refractivity contribution in [3.8, 4) is 5.75 Å². The van der Waals surface area contributed by atoms with Crippen LogP contribution in [0.5, 0.6) is 5.75 Å². The molecule has 0 spiro atoms. The number of likely N-dealkylation sites (tertiary alicyclic amines) is 1. The highest BCUT2D eigenvalue weighted by atomic mass is 16.5. The lowest BCUT2D eigenvalue weighted by Gasteiger charge is -2.31. The molecule has 1 heterocycles. The first-order valence-electron chi connectivity index (χ1n) is 7.40. The molecule has 0 atom stereocenters. The quantitative estimate of drug-likeness (QED) is 0.800. The first-order valence-corrected chi connectivity index (χ1v) is 7.40. The van der Waals surface area contributed by atoms with E-state index in [-0.39, 0.29) is 0 Å². The summed E-state index contributed by atoms with van der Waals surface area (Å²) in [5.74, 6) is 1.77. The second-order valence-corrected chi connectivity index (χ2v) is 5.49. The van der Waals surface area contributed by atoms with Gasteiger partial charge in [0.25, 0.3) is 0 Å². The van der Waals surface area contributed by atoms with Gasteiger partial charge in [0.2, 0.25) is 0 Å². The molecule has 0 amide bonds. The zero-order valence-electron chi connectivity index (χ0n) is 12.0. The molecule has 0 bridgehead atoms. The molecular weight excluding hydrogens is 236 g/mol. The third-order valence-corrected chi connectivity index (χ3v) is 4.01. The fraction of sp³-hybridized carbons (Fsp3) is 0.625. The Labute approximate surface area is 116 Å². The monoisotopic (exact) mass is 262 g/mol. The minimum atomic E-state index is 0.750. The van der Waals surface area contributed by atoms with E-state index in [1.165, 1.54) is 31.5 Å². The zero-order chi connectivity index (χ0) is 13.5. The second kappa shape index (κ2) is 7.51. The third-order valence-electron chi connectivity index (χ3n) is 4.01. The van der Waals surface area contributed by atoms with E-state index < -0.39 is 0 Å². The van der Waals surface area contributed by atoms with Crippen molar-refractivity contribution in [3.05, 3.63) is 29.8 Å². The van der Waals surface area contributed by atoms with Gasteiger partial charge in [0.1, 0.15) is 5.75 Å². The number of hydrogen-bond acceptors (Lipinski definition) is 3. The van der Waals surface area contributed by atoms with Crippen LogP contribution in [0.3, 0.4) is 0 Å². The molecule has 19 heavy (non-hydrogen) atoms. The largest absolute Gasteiger partial charge is 0.493 e. The number of nitrogens with zero attached hydrogens (tertiary/aromatic N) is 1. The van der Waals surface area contributed by atoms with Crippen molar-refractivity contribution in [2.45, 2.75) is 26.2 Å². The minimum absolute atomic E-state index is 0.750. The summed E-state index contributed by atoms with van der Waals surface area (Å²) >= 11 is 0. The van der Waals surface area contributed by atoms with Crippen LogP contribution in [-0.2, 0) is 0 Å². The Morgan fingerprint density at radius 3 is 2.68 bits per heavy atom. The van der Waals surface area contributed by atoms with Gasteiger partial charge in [0, 0.05) is 6.54 Å². The van der Waals surface area contributed by atoms with Crippen LogP contribution in [-0.4, -0.2) is 37.7 Å². The molecule has 1 aromatic rings. The highest BCUT2D eigenvalue weighted by molar-refractivity contribution is 5.31. The van der Waals surface area contributed by atoms with Gasteiger partial charge in [-0.3, -0.25) is 0 Å². The van der Waals surface area contributed by atoms with Gasteiger partial charge in [0.05, 0.1) is 6.61 Å². The molecule has 0 saturated carbocycles. The van der Waals surface area contributed by atoms with Gasteiger partial charge in [-0.05, 0) is 63.4 Å². The highest BCUT2D eigenvalue weighted by Gasteiger charge is 2.17. The molecule has 3 heteroatoms. The Hall–Kier alpha value is -1.06. The third kappa shape index (κ3) is 4.51. The normalized spacial score (nSPS) is 17.6. The van der Waals surface area contributed by atoms with Gasteiger partial charge in [-0.25, -0.2) is 0 Å². The molecule has 0 aliphatic carbocycles. The van der Waals surface area contributed by atoms with Crippen LogP contribution in [0.25, 0.3) is 0 Å². The predicted molar refractivity (Wildman–Crippen MR) is 79.5 cm³/mol. The number of para-hydroxylation sites is 1. The average Bonchev–Trinajstić information content (AvgIpc) is 2.46. The average molecular weight is 262 g/mol. The van der Waals surface area contributed by atoms with Crippen LogP contribution >= 0.6 is 0 Å². The maximum atomic E-state index is 5.82. The highest BCUT2D eigenvalue weighted by Crippen LogP contribution is 2.17. The van der Waals surface area contributed by atoms with E-state index in [0.29, 0.717) is 0 Å². The summed E-state index contributed by atoms with van der Waals surface area (Å²) in [6, 6.07) is 8.21. The maximum Gasteiger partial charge on any atom is 0.122 e. The fourth-order valence-corrected chi connectivity index (χ4v) is 2.63. The van der Waals surface area contributed by atoms with Crippen LogP contribution in [0.15, 0.2) is 24.3 Å². The molecule has 1 saturated heterocycles. The van der Waals surface area contributed by atoms with Crippen molar-refractivity contribution < 1.29 is 4.74 Å². The summed E-state index contributed by atoms with van der Waals surface area (Å²) in [6.07, 6.45) is 3.62. The number of piperidine rings is 1. The Morgan fingerprint density at radius 2 is 2.00 bits per heavy atom. The zero-order valence-corrected chi connectivity index (χ0v) is 12.0.